The van der Waals surface area contributed by atoms with Crippen LogP contribution >= 0.6 is 0 Å². The summed E-state index contributed by atoms with van der Waals surface area (Å²) in [7, 11) is 4.17. The number of fused-ring (bicyclic) bond motifs is 1. The molecule has 0 bridgehead atoms. The van der Waals surface area contributed by atoms with Gasteiger partial charge in [-0.1, -0.05) is 18.2 Å². The van der Waals surface area contributed by atoms with Crippen LogP contribution in [0, 0.1) is 12.7 Å². The Morgan fingerprint density at radius 2 is 1.94 bits per heavy atom. The number of alkyl halides is 2. The molecule has 33 heavy (non-hydrogen) atoms. The maximum Gasteiger partial charge on any atom is 0.266 e. The van der Waals surface area contributed by atoms with Gasteiger partial charge in [-0.25, -0.2) is 28.1 Å². The van der Waals surface area contributed by atoms with Crippen molar-refractivity contribution in [1.29, 1.82) is 0 Å². The molecule has 9 heteroatoms. The molecule has 1 aliphatic rings. The van der Waals surface area contributed by atoms with Crippen LogP contribution in [-0.4, -0.2) is 53.1 Å². The first-order valence-electron chi connectivity index (χ1n) is 11.1. The number of aryl methyl sites for hydroxylation is 1. The van der Waals surface area contributed by atoms with Gasteiger partial charge in [-0.3, -0.25) is 0 Å². The molecule has 1 N–H and O–H groups in total. The highest BCUT2D eigenvalue weighted by Gasteiger charge is 2.24. The standard InChI is InChI=1S/C24H29F3N6/c1-14(17-8-5-9-18(22(17)25)23(26)27)29-24-19-11-21(28-12-20(19)30-15(2)31-24)33-10-6-7-16(13-33)32(3)4/h5,8-9,11-12,14,16,23H,6-7,10,13H2,1-4H3,(H,29,30,31)/t14-,16?/m1/s1. The average molecular weight is 459 g/mol. The first-order chi connectivity index (χ1) is 15.7. The van der Waals surface area contributed by atoms with E-state index in [1.165, 1.54) is 12.1 Å². The van der Waals surface area contributed by atoms with E-state index in [2.05, 4.69) is 44.2 Å². The topological polar surface area (TPSA) is 57.2 Å². The number of aromatic nitrogens is 3. The van der Waals surface area contributed by atoms with Gasteiger partial charge < -0.3 is 15.1 Å². The first-order valence-corrected chi connectivity index (χ1v) is 11.1. The Hall–Kier alpha value is -2.94. The van der Waals surface area contributed by atoms with E-state index in [0.717, 1.165) is 43.2 Å². The minimum Gasteiger partial charge on any atom is -0.363 e. The van der Waals surface area contributed by atoms with Gasteiger partial charge in [0.25, 0.3) is 6.43 Å². The summed E-state index contributed by atoms with van der Waals surface area (Å²) in [6.07, 6.45) is 1.08. The summed E-state index contributed by atoms with van der Waals surface area (Å²) in [6, 6.07) is 5.89. The van der Waals surface area contributed by atoms with Crippen molar-refractivity contribution < 1.29 is 13.2 Å². The molecule has 3 heterocycles. The number of benzene rings is 1. The fourth-order valence-corrected chi connectivity index (χ4v) is 4.36. The lowest BCUT2D eigenvalue weighted by molar-refractivity contribution is 0.146. The maximum absolute atomic E-state index is 14.7. The zero-order chi connectivity index (χ0) is 23.7. The molecule has 0 amide bonds. The SMILES string of the molecule is Cc1nc(N[C@H](C)c2cccc(C(F)F)c2F)c2cc(N3CCCC(N(C)C)C3)ncc2n1. The summed E-state index contributed by atoms with van der Waals surface area (Å²) in [5.41, 5.74) is 0.233. The van der Waals surface area contributed by atoms with Crippen molar-refractivity contribution in [1.82, 2.24) is 19.9 Å². The predicted octanol–water partition coefficient (Wildman–Crippen LogP) is 5.11. The van der Waals surface area contributed by atoms with Gasteiger partial charge in [0.05, 0.1) is 23.3 Å². The Balaban J connectivity index is 1.68. The highest BCUT2D eigenvalue weighted by Crippen LogP contribution is 2.31. The summed E-state index contributed by atoms with van der Waals surface area (Å²) in [6.45, 7) is 5.29. The molecule has 0 aliphatic carbocycles. The second-order valence-corrected chi connectivity index (χ2v) is 8.80. The number of anilines is 2. The molecule has 0 radical (unpaired) electrons. The Morgan fingerprint density at radius 1 is 1.18 bits per heavy atom. The molecule has 4 rings (SSSR count). The third-order valence-corrected chi connectivity index (χ3v) is 6.24. The number of nitrogens with one attached hydrogen (secondary N) is 1. The molecular formula is C24H29F3N6. The molecule has 1 saturated heterocycles. The minimum atomic E-state index is -2.87. The quantitative estimate of drug-likeness (QED) is 0.554. The number of likely N-dealkylation sites (N-methyl/N-ethyl adjacent to an activating group) is 1. The van der Waals surface area contributed by atoms with Crippen molar-refractivity contribution in [3.8, 4) is 0 Å². The summed E-state index contributed by atoms with van der Waals surface area (Å²) in [5, 5.41) is 3.97. The Kier molecular flexibility index (Phi) is 6.69. The van der Waals surface area contributed by atoms with Crippen molar-refractivity contribution in [3.05, 3.63) is 53.2 Å². The van der Waals surface area contributed by atoms with Crippen LogP contribution in [0.2, 0.25) is 0 Å². The van der Waals surface area contributed by atoms with Gasteiger partial charge in [-0.15, -0.1) is 0 Å². The molecule has 3 aromatic rings. The highest BCUT2D eigenvalue weighted by molar-refractivity contribution is 5.90. The Bertz CT molecular complexity index is 1140. The predicted molar refractivity (Wildman–Crippen MR) is 124 cm³/mol. The van der Waals surface area contributed by atoms with Crippen LogP contribution < -0.4 is 10.2 Å². The van der Waals surface area contributed by atoms with Gasteiger partial charge in [0.2, 0.25) is 0 Å². The fourth-order valence-electron chi connectivity index (χ4n) is 4.36. The zero-order valence-electron chi connectivity index (χ0n) is 19.3. The van der Waals surface area contributed by atoms with Crippen LogP contribution in [0.15, 0.2) is 30.5 Å². The van der Waals surface area contributed by atoms with Crippen LogP contribution in [0.5, 0.6) is 0 Å². The molecular weight excluding hydrogens is 429 g/mol. The van der Waals surface area contributed by atoms with E-state index in [-0.39, 0.29) is 5.56 Å². The van der Waals surface area contributed by atoms with Gasteiger partial charge in [-0.05, 0) is 46.9 Å². The second-order valence-electron chi connectivity index (χ2n) is 8.80. The number of hydrogen-bond acceptors (Lipinski definition) is 6. The van der Waals surface area contributed by atoms with Crippen LogP contribution in [0.4, 0.5) is 24.8 Å². The van der Waals surface area contributed by atoms with E-state index in [9.17, 15) is 13.2 Å². The third-order valence-electron chi connectivity index (χ3n) is 6.24. The zero-order valence-corrected chi connectivity index (χ0v) is 19.3. The lowest BCUT2D eigenvalue weighted by atomic mass is 10.0. The van der Waals surface area contributed by atoms with Crippen LogP contribution in [0.25, 0.3) is 10.9 Å². The normalized spacial score (nSPS) is 17.7. The molecule has 0 saturated carbocycles. The first kappa shape index (κ1) is 23.2. The molecule has 1 aromatic carbocycles. The van der Waals surface area contributed by atoms with Crippen molar-refractivity contribution in [2.45, 2.75) is 45.2 Å². The van der Waals surface area contributed by atoms with Crippen molar-refractivity contribution >= 4 is 22.5 Å². The third kappa shape index (κ3) is 4.88. The van der Waals surface area contributed by atoms with Crippen molar-refractivity contribution in [2.75, 3.05) is 37.4 Å². The largest absolute Gasteiger partial charge is 0.363 e. The van der Waals surface area contributed by atoms with E-state index in [0.29, 0.717) is 23.2 Å². The number of hydrogen-bond donors (Lipinski definition) is 1. The van der Waals surface area contributed by atoms with Gasteiger partial charge in [0.1, 0.15) is 23.3 Å². The number of nitrogens with zero attached hydrogens (tertiary/aromatic N) is 5. The molecule has 1 unspecified atom stereocenters. The van der Waals surface area contributed by atoms with Crippen molar-refractivity contribution in [3.63, 3.8) is 0 Å². The minimum absolute atomic E-state index is 0.163. The summed E-state index contributed by atoms with van der Waals surface area (Å²) in [4.78, 5) is 18.1. The lowest BCUT2D eigenvalue weighted by Gasteiger charge is -2.36. The number of pyridine rings is 1. The number of piperidine rings is 1. The van der Waals surface area contributed by atoms with Crippen LogP contribution in [-0.2, 0) is 0 Å². The smallest absolute Gasteiger partial charge is 0.266 e. The highest BCUT2D eigenvalue weighted by atomic mass is 19.3. The molecule has 2 atom stereocenters. The van der Waals surface area contributed by atoms with E-state index >= 15 is 0 Å². The molecule has 6 nitrogen and oxygen atoms in total. The van der Waals surface area contributed by atoms with E-state index in [1.807, 2.05) is 6.07 Å². The van der Waals surface area contributed by atoms with Gasteiger partial charge in [-0.2, -0.15) is 0 Å². The lowest BCUT2D eigenvalue weighted by Crippen LogP contribution is -2.45. The molecule has 176 valence electrons. The average Bonchev–Trinajstić information content (AvgIpc) is 2.78. The van der Waals surface area contributed by atoms with E-state index in [1.54, 1.807) is 20.0 Å². The summed E-state index contributed by atoms with van der Waals surface area (Å²) in [5.74, 6) is 1.01. The fraction of sp³-hybridized carbons (Fsp3) is 0.458. The Labute approximate surface area is 191 Å². The van der Waals surface area contributed by atoms with Crippen molar-refractivity contribution in [2.24, 2.45) is 0 Å². The number of halogens is 3. The molecule has 0 spiro atoms. The molecule has 2 aromatic heterocycles. The second kappa shape index (κ2) is 9.51. The van der Waals surface area contributed by atoms with Gasteiger partial charge in [0.15, 0.2) is 0 Å². The molecule has 1 fully saturated rings. The van der Waals surface area contributed by atoms with Crippen LogP contribution in [0.1, 0.15) is 49.2 Å². The van der Waals surface area contributed by atoms with Crippen LogP contribution in [0.3, 0.4) is 0 Å². The van der Waals surface area contributed by atoms with Gasteiger partial charge >= 0.3 is 0 Å². The summed E-state index contributed by atoms with van der Waals surface area (Å²) >= 11 is 0. The van der Waals surface area contributed by atoms with E-state index in [4.69, 9.17) is 0 Å². The molecule has 1 aliphatic heterocycles. The van der Waals surface area contributed by atoms with E-state index < -0.39 is 23.8 Å². The van der Waals surface area contributed by atoms with Gasteiger partial charge in [0, 0.05) is 30.1 Å². The Morgan fingerprint density at radius 3 is 2.67 bits per heavy atom. The maximum atomic E-state index is 14.7. The summed E-state index contributed by atoms with van der Waals surface area (Å²) < 4.78 is 41.0. The monoisotopic (exact) mass is 458 g/mol. The number of rotatable bonds is 6.